The molecule has 0 bridgehead atoms. The third-order valence-corrected chi connectivity index (χ3v) is 3.60. The molecule has 2 rings (SSSR count). The van der Waals surface area contributed by atoms with Gasteiger partial charge in [0.05, 0.1) is 11.3 Å². The Balaban J connectivity index is 2.13. The average Bonchev–Trinajstić information content (AvgIpc) is 2.28. The first-order valence-corrected chi connectivity index (χ1v) is 6.34. The summed E-state index contributed by atoms with van der Waals surface area (Å²) in [7, 11) is 0. The third kappa shape index (κ3) is 2.93. The summed E-state index contributed by atoms with van der Waals surface area (Å²) in [5.74, 6) is -0.947. The Labute approximate surface area is 112 Å². The molecule has 1 aliphatic rings. The maximum absolute atomic E-state index is 12.1. The molecule has 0 spiro atoms. The van der Waals surface area contributed by atoms with Crippen molar-refractivity contribution in [3.05, 3.63) is 29.3 Å². The van der Waals surface area contributed by atoms with Crippen LogP contribution in [0.5, 0.6) is 0 Å². The number of nitrogens with one attached hydrogen (secondary N) is 2. The maximum atomic E-state index is 12.1. The zero-order valence-electron chi connectivity index (χ0n) is 11.1. The molecule has 1 atom stereocenters. The highest BCUT2D eigenvalue weighted by Gasteiger charge is 2.29. The van der Waals surface area contributed by atoms with Crippen LogP contribution in [0.2, 0.25) is 0 Å². The molecule has 5 heteroatoms. The Kier molecular flexibility index (Phi) is 3.85. The lowest BCUT2D eigenvalue weighted by Crippen LogP contribution is -2.48. The van der Waals surface area contributed by atoms with E-state index in [1.54, 1.807) is 18.2 Å². The molecule has 1 saturated heterocycles. The normalized spacial score (nSPS) is 16.5. The first-order chi connectivity index (χ1) is 8.99. The predicted molar refractivity (Wildman–Crippen MR) is 72.3 cm³/mol. The lowest BCUT2D eigenvalue weighted by atomic mass is 9.88. The van der Waals surface area contributed by atoms with Crippen LogP contribution < -0.4 is 10.6 Å². The van der Waals surface area contributed by atoms with E-state index in [0.717, 1.165) is 18.7 Å². The number of carbonyl (C=O) groups is 2. The average molecular weight is 262 g/mol. The molecule has 1 aliphatic heterocycles. The summed E-state index contributed by atoms with van der Waals surface area (Å²) in [6.07, 6.45) is 0. The Morgan fingerprint density at radius 2 is 2.11 bits per heavy atom. The topological polar surface area (TPSA) is 78.4 Å². The van der Waals surface area contributed by atoms with E-state index in [1.165, 1.54) is 0 Å². The Morgan fingerprint density at radius 1 is 1.42 bits per heavy atom. The minimum Gasteiger partial charge on any atom is -0.478 e. The third-order valence-electron chi connectivity index (χ3n) is 3.60. The fourth-order valence-electron chi connectivity index (χ4n) is 2.07. The second-order valence-corrected chi connectivity index (χ2v) is 5.05. The van der Waals surface area contributed by atoms with Crippen LogP contribution in [0, 0.1) is 18.8 Å². The van der Waals surface area contributed by atoms with Gasteiger partial charge >= 0.3 is 5.97 Å². The fraction of sp³-hybridized carbons (Fsp3) is 0.429. The maximum Gasteiger partial charge on any atom is 0.337 e. The van der Waals surface area contributed by atoms with Gasteiger partial charge in [0.25, 0.3) is 0 Å². The molecule has 102 valence electrons. The van der Waals surface area contributed by atoms with Gasteiger partial charge in [0.15, 0.2) is 0 Å². The van der Waals surface area contributed by atoms with Crippen LogP contribution in [0.4, 0.5) is 5.69 Å². The molecule has 0 radical (unpaired) electrons. The van der Waals surface area contributed by atoms with Gasteiger partial charge in [-0.05, 0) is 38.1 Å². The van der Waals surface area contributed by atoms with Crippen molar-refractivity contribution >= 4 is 17.6 Å². The standard InChI is InChI=1S/C14H18N2O3/c1-8-3-4-12(11(5-8)14(18)19)16-13(17)9(2)10-6-15-7-10/h3-5,9-10,15H,6-7H2,1-2H3,(H,16,17)(H,18,19). The Morgan fingerprint density at radius 3 is 2.63 bits per heavy atom. The number of carboxylic acids is 1. The van der Waals surface area contributed by atoms with Gasteiger partial charge in [0, 0.05) is 5.92 Å². The number of rotatable bonds is 4. The van der Waals surface area contributed by atoms with Crippen LogP contribution in [0.25, 0.3) is 0 Å². The molecule has 0 aliphatic carbocycles. The van der Waals surface area contributed by atoms with Gasteiger partial charge < -0.3 is 15.7 Å². The molecule has 1 unspecified atom stereocenters. The summed E-state index contributed by atoms with van der Waals surface area (Å²) in [6.45, 7) is 5.37. The lowest BCUT2D eigenvalue weighted by molar-refractivity contribution is -0.121. The van der Waals surface area contributed by atoms with E-state index < -0.39 is 5.97 Å². The number of hydrogen-bond donors (Lipinski definition) is 3. The van der Waals surface area contributed by atoms with Crippen molar-refractivity contribution in [2.24, 2.45) is 11.8 Å². The van der Waals surface area contributed by atoms with Gasteiger partial charge in [0.1, 0.15) is 0 Å². The summed E-state index contributed by atoms with van der Waals surface area (Å²) in [5.41, 5.74) is 1.35. The number of carboxylic acid groups (broad SMARTS) is 1. The van der Waals surface area contributed by atoms with Crippen LogP contribution in [-0.2, 0) is 4.79 Å². The number of aryl methyl sites for hydroxylation is 1. The molecule has 3 N–H and O–H groups in total. The minimum atomic E-state index is -1.03. The highest BCUT2D eigenvalue weighted by atomic mass is 16.4. The summed E-state index contributed by atoms with van der Waals surface area (Å²) in [6, 6.07) is 4.99. The van der Waals surface area contributed by atoms with E-state index in [0.29, 0.717) is 11.6 Å². The van der Waals surface area contributed by atoms with Crippen molar-refractivity contribution in [1.82, 2.24) is 5.32 Å². The van der Waals surface area contributed by atoms with Crippen LogP contribution in [0.3, 0.4) is 0 Å². The lowest BCUT2D eigenvalue weighted by Gasteiger charge is -2.31. The first kappa shape index (κ1) is 13.5. The monoisotopic (exact) mass is 262 g/mol. The highest BCUT2D eigenvalue weighted by Crippen LogP contribution is 2.21. The fourth-order valence-corrected chi connectivity index (χ4v) is 2.07. The van der Waals surface area contributed by atoms with E-state index in [9.17, 15) is 9.59 Å². The first-order valence-electron chi connectivity index (χ1n) is 6.34. The van der Waals surface area contributed by atoms with Crippen molar-refractivity contribution < 1.29 is 14.7 Å². The van der Waals surface area contributed by atoms with Gasteiger partial charge in [-0.2, -0.15) is 0 Å². The number of benzene rings is 1. The Bertz CT molecular complexity index is 509. The second-order valence-electron chi connectivity index (χ2n) is 5.05. The second kappa shape index (κ2) is 5.40. The SMILES string of the molecule is Cc1ccc(NC(=O)C(C)C2CNC2)c(C(=O)O)c1. The summed E-state index contributed by atoms with van der Waals surface area (Å²) >= 11 is 0. The zero-order chi connectivity index (χ0) is 14.0. The number of hydrogen-bond acceptors (Lipinski definition) is 3. The van der Waals surface area contributed by atoms with Crippen LogP contribution in [0.1, 0.15) is 22.8 Å². The molecule has 1 fully saturated rings. The van der Waals surface area contributed by atoms with Crippen molar-refractivity contribution in [3.8, 4) is 0 Å². The molecule has 0 saturated carbocycles. The number of anilines is 1. The molecule has 0 aromatic heterocycles. The van der Waals surface area contributed by atoms with E-state index in [2.05, 4.69) is 10.6 Å². The molecule has 1 amide bonds. The predicted octanol–water partition coefficient (Wildman–Crippen LogP) is 1.49. The van der Waals surface area contributed by atoms with Gasteiger partial charge in [-0.15, -0.1) is 0 Å². The molecule has 19 heavy (non-hydrogen) atoms. The van der Waals surface area contributed by atoms with Gasteiger partial charge in [-0.1, -0.05) is 18.6 Å². The number of carbonyl (C=O) groups excluding carboxylic acids is 1. The van der Waals surface area contributed by atoms with Crippen molar-refractivity contribution in [3.63, 3.8) is 0 Å². The van der Waals surface area contributed by atoms with Gasteiger partial charge in [-0.3, -0.25) is 4.79 Å². The molecule has 1 aromatic carbocycles. The van der Waals surface area contributed by atoms with E-state index in [-0.39, 0.29) is 17.4 Å². The molecule has 1 aromatic rings. The summed E-state index contributed by atoms with van der Waals surface area (Å²) < 4.78 is 0. The van der Waals surface area contributed by atoms with Crippen molar-refractivity contribution in [1.29, 1.82) is 0 Å². The van der Waals surface area contributed by atoms with Gasteiger partial charge in [0.2, 0.25) is 5.91 Å². The zero-order valence-corrected chi connectivity index (χ0v) is 11.1. The smallest absolute Gasteiger partial charge is 0.337 e. The Hall–Kier alpha value is -1.88. The summed E-state index contributed by atoms with van der Waals surface area (Å²) in [4.78, 5) is 23.2. The van der Waals surface area contributed by atoms with Gasteiger partial charge in [-0.25, -0.2) is 4.79 Å². The molecule has 5 nitrogen and oxygen atoms in total. The van der Waals surface area contributed by atoms with Crippen LogP contribution in [-0.4, -0.2) is 30.1 Å². The molecular weight excluding hydrogens is 244 g/mol. The van der Waals surface area contributed by atoms with Crippen LogP contribution >= 0.6 is 0 Å². The van der Waals surface area contributed by atoms with E-state index in [1.807, 2.05) is 13.8 Å². The molecular formula is C14H18N2O3. The molecule has 1 heterocycles. The van der Waals surface area contributed by atoms with Crippen molar-refractivity contribution in [2.45, 2.75) is 13.8 Å². The van der Waals surface area contributed by atoms with Crippen molar-refractivity contribution in [2.75, 3.05) is 18.4 Å². The minimum absolute atomic E-state index is 0.121. The highest BCUT2D eigenvalue weighted by molar-refractivity contribution is 6.01. The van der Waals surface area contributed by atoms with E-state index in [4.69, 9.17) is 5.11 Å². The number of aromatic carboxylic acids is 1. The number of amides is 1. The summed E-state index contributed by atoms with van der Waals surface area (Å²) in [5, 5.41) is 15.0. The largest absolute Gasteiger partial charge is 0.478 e. The van der Waals surface area contributed by atoms with Crippen LogP contribution in [0.15, 0.2) is 18.2 Å². The quantitative estimate of drug-likeness (QED) is 0.768. The van der Waals surface area contributed by atoms with E-state index >= 15 is 0 Å².